The van der Waals surface area contributed by atoms with Gasteiger partial charge in [-0.2, -0.15) is 0 Å². The van der Waals surface area contributed by atoms with Crippen molar-refractivity contribution in [1.82, 2.24) is 5.32 Å². The zero-order valence-electron chi connectivity index (χ0n) is 12.3. The molecule has 0 atom stereocenters. The fourth-order valence-electron chi connectivity index (χ4n) is 2.11. The fourth-order valence-corrected chi connectivity index (χ4v) is 2.33. The van der Waals surface area contributed by atoms with Crippen LogP contribution in [0.15, 0.2) is 42.5 Å². The lowest BCUT2D eigenvalue weighted by atomic mass is 10.1. The minimum absolute atomic E-state index is 0.398. The lowest BCUT2D eigenvalue weighted by Crippen LogP contribution is -2.29. The Morgan fingerprint density at radius 3 is 2.64 bits per heavy atom. The average molecular weight is 320 g/mol. The number of halogens is 2. The van der Waals surface area contributed by atoms with E-state index in [1.165, 1.54) is 17.2 Å². The van der Waals surface area contributed by atoms with Gasteiger partial charge < -0.3 is 10.6 Å². The van der Waals surface area contributed by atoms with E-state index in [1.54, 1.807) is 0 Å². The summed E-state index contributed by atoms with van der Waals surface area (Å²) in [6.07, 6.45) is 1.89. The molecule has 0 spiro atoms. The van der Waals surface area contributed by atoms with Crippen LogP contribution in [0, 0.1) is 18.6 Å². The first-order valence-corrected chi connectivity index (χ1v) is 7.51. The second kappa shape index (κ2) is 7.84. The highest BCUT2D eigenvalue weighted by Crippen LogP contribution is 2.12. The molecule has 0 heterocycles. The van der Waals surface area contributed by atoms with Crippen LogP contribution in [0.4, 0.5) is 14.5 Å². The highest BCUT2D eigenvalue weighted by molar-refractivity contribution is 7.80. The largest absolute Gasteiger partial charge is 0.362 e. The summed E-state index contributed by atoms with van der Waals surface area (Å²) in [6, 6.07) is 12.0. The molecule has 22 heavy (non-hydrogen) atoms. The topological polar surface area (TPSA) is 24.1 Å². The molecule has 0 aromatic heterocycles. The molecule has 2 nitrogen and oxygen atoms in total. The van der Waals surface area contributed by atoms with Crippen molar-refractivity contribution in [3.63, 3.8) is 0 Å². The van der Waals surface area contributed by atoms with Crippen LogP contribution < -0.4 is 10.6 Å². The van der Waals surface area contributed by atoms with E-state index < -0.39 is 11.6 Å². The number of rotatable bonds is 5. The molecule has 2 N–H and O–H groups in total. The van der Waals surface area contributed by atoms with E-state index in [2.05, 4.69) is 35.8 Å². The number of nitrogens with one attached hydrogen (secondary N) is 2. The maximum Gasteiger partial charge on any atom is 0.170 e. The molecule has 2 aromatic carbocycles. The highest BCUT2D eigenvalue weighted by Gasteiger charge is 2.03. The number of thiocarbonyl (C=S) groups is 1. The summed E-state index contributed by atoms with van der Waals surface area (Å²) >= 11 is 5.12. The Bertz CT molecular complexity index is 659. The third kappa shape index (κ3) is 5.07. The summed E-state index contributed by atoms with van der Waals surface area (Å²) in [4.78, 5) is 0. The third-order valence-corrected chi connectivity index (χ3v) is 3.43. The van der Waals surface area contributed by atoms with Crippen LogP contribution in [0.25, 0.3) is 0 Å². The van der Waals surface area contributed by atoms with Crippen molar-refractivity contribution < 1.29 is 8.78 Å². The zero-order valence-corrected chi connectivity index (χ0v) is 13.1. The minimum Gasteiger partial charge on any atom is -0.362 e. The second-order valence-corrected chi connectivity index (χ2v) is 5.51. The molecular formula is C17H18F2N2S. The van der Waals surface area contributed by atoms with E-state index in [9.17, 15) is 8.78 Å². The van der Waals surface area contributed by atoms with Crippen LogP contribution in [-0.4, -0.2) is 11.7 Å². The quantitative estimate of drug-likeness (QED) is 0.638. The highest BCUT2D eigenvalue weighted by atomic mass is 32.1. The monoisotopic (exact) mass is 320 g/mol. The molecular weight excluding hydrogens is 302 g/mol. The van der Waals surface area contributed by atoms with Crippen LogP contribution >= 0.6 is 12.2 Å². The van der Waals surface area contributed by atoms with Gasteiger partial charge in [0.2, 0.25) is 0 Å². The Morgan fingerprint density at radius 2 is 1.91 bits per heavy atom. The number of hydrogen-bond acceptors (Lipinski definition) is 1. The average Bonchev–Trinajstić information content (AvgIpc) is 2.48. The van der Waals surface area contributed by atoms with Crippen molar-refractivity contribution in [3.05, 3.63) is 65.2 Å². The summed E-state index contributed by atoms with van der Waals surface area (Å²) in [5.41, 5.74) is 2.97. The van der Waals surface area contributed by atoms with Gasteiger partial charge in [0.15, 0.2) is 16.7 Å². The van der Waals surface area contributed by atoms with Gasteiger partial charge in [-0.1, -0.05) is 29.8 Å². The van der Waals surface area contributed by atoms with Crippen molar-refractivity contribution >= 4 is 23.0 Å². The van der Waals surface area contributed by atoms with E-state index in [4.69, 9.17) is 12.2 Å². The smallest absolute Gasteiger partial charge is 0.170 e. The van der Waals surface area contributed by atoms with Gasteiger partial charge >= 0.3 is 0 Å². The number of aryl methyl sites for hydroxylation is 2. The van der Waals surface area contributed by atoms with Crippen molar-refractivity contribution in [2.24, 2.45) is 0 Å². The SMILES string of the molecule is Cc1cccc(CCCNC(=S)Nc2ccc(F)c(F)c2)c1. The van der Waals surface area contributed by atoms with Crippen molar-refractivity contribution in [1.29, 1.82) is 0 Å². The summed E-state index contributed by atoms with van der Waals surface area (Å²) in [7, 11) is 0. The summed E-state index contributed by atoms with van der Waals surface area (Å²) in [5.74, 6) is -1.77. The van der Waals surface area contributed by atoms with Crippen LogP contribution in [0.2, 0.25) is 0 Å². The van der Waals surface area contributed by atoms with Gasteiger partial charge in [-0.15, -0.1) is 0 Å². The van der Waals surface area contributed by atoms with Crippen LogP contribution in [0.3, 0.4) is 0 Å². The van der Waals surface area contributed by atoms with Crippen LogP contribution in [0.5, 0.6) is 0 Å². The number of hydrogen-bond donors (Lipinski definition) is 2. The Labute approximate surface area is 134 Å². The predicted octanol–water partition coefficient (Wildman–Crippen LogP) is 4.19. The third-order valence-electron chi connectivity index (χ3n) is 3.19. The first kappa shape index (κ1) is 16.4. The van der Waals surface area contributed by atoms with Gasteiger partial charge in [0.1, 0.15) is 0 Å². The summed E-state index contributed by atoms with van der Waals surface area (Å²) in [6.45, 7) is 2.78. The minimum atomic E-state index is -0.896. The lowest BCUT2D eigenvalue weighted by Gasteiger charge is -2.11. The Balaban J connectivity index is 1.72. The van der Waals surface area contributed by atoms with E-state index in [-0.39, 0.29) is 0 Å². The van der Waals surface area contributed by atoms with Crippen molar-refractivity contribution in [2.75, 3.05) is 11.9 Å². The standard InChI is InChI=1S/C17H18F2N2S/c1-12-4-2-5-13(10-12)6-3-9-20-17(22)21-14-7-8-15(18)16(19)11-14/h2,4-5,7-8,10-11H,3,6,9H2,1H3,(H2,20,21,22). The van der Waals surface area contributed by atoms with Crippen LogP contribution in [-0.2, 0) is 6.42 Å². The fraction of sp³-hybridized carbons (Fsp3) is 0.235. The zero-order chi connectivity index (χ0) is 15.9. The normalized spacial score (nSPS) is 10.3. The lowest BCUT2D eigenvalue weighted by molar-refractivity contribution is 0.509. The Morgan fingerprint density at radius 1 is 1.09 bits per heavy atom. The summed E-state index contributed by atoms with van der Waals surface area (Å²) in [5, 5.41) is 6.28. The molecule has 0 aliphatic heterocycles. The first-order valence-electron chi connectivity index (χ1n) is 7.10. The van der Waals surface area contributed by atoms with Gasteiger partial charge in [0.05, 0.1) is 0 Å². The molecule has 0 saturated heterocycles. The number of anilines is 1. The van der Waals surface area contributed by atoms with Gasteiger partial charge in [0.25, 0.3) is 0 Å². The van der Waals surface area contributed by atoms with Gasteiger partial charge in [-0.3, -0.25) is 0 Å². The molecule has 0 aliphatic carbocycles. The predicted molar refractivity (Wildman–Crippen MR) is 90.1 cm³/mol. The molecule has 116 valence electrons. The second-order valence-electron chi connectivity index (χ2n) is 5.10. The molecule has 2 aromatic rings. The van der Waals surface area contributed by atoms with E-state index in [1.807, 2.05) is 6.07 Å². The van der Waals surface area contributed by atoms with Crippen molar-refractivity contribution in [2.45, 2.75) is 19.8 Å². The van der Waals surface area contributed by atoms with Gasteiger partial charge in [-0.05, 0) is 49.7 Å². The van der Waals surface area contributed by atoms with Crippen LogP contribution in [0.1, 0.15) is 17.5 Å². The maximum absolute atomic E-state index is 13.1. The molecule has 5 heteroatoms. The molecule has 0 radical (unpaired) electrons. The molecule has 0 aliphatic rings. The van der Waals surface area contributed by atoms with E-state index in [0.29, 0.717) is 17.3 Å². The molecule has 2 rings (SSSR count). The van der Waals surface area contributed by atoms with E-state index >= 15 is 0 Å². The molecule has 0 unspecified atom stereocenters. The Hall–Kier alpha value is -2.01. The maximum atomic E-state index is 13.1. The van der Waals surface area contributed by atoms with Gasteiger partial charge in [-0.25, -0.2) is 8.78 Å². The Kier molecular flexibility index (Phi) is 5.83. The summed E-state index contributed by atoms with van der Waals surface area (Å²) < 4.78 is 25.9. The van der Waals surface area contributed by atoms with Crippen molar-refractivity contribution in [3.8, 4) is 0 Å². The molecule has 0 saturated carbocycles. The number of benzene rings is 2. The molecule has 0 fully saturated rings. The van der Waals surface area contributed by atoms with E-state index in [0.717, 1.165) is 25.0 Å². The first-order chi connectivity index (χ1) is 10.5. The molecule has 0 amide bonds. The molecule has 0 bridgehead atoms. The van der Waals surface area contributed by atoms with Gasteiger partial charge in [0, 0.05) is 18.3 Å².